The quantitative estimate of drug-likeness (QED) is 0.733. The van der Waals surface area contributed by atoms with Crippen LogP contribution >= 0.6 is 15.9 Å². The molecule has 0 atom stereocenters. The minimum absolute atomic E-state index is 0.145. The van der Waals surface area contributed by atoms with Crippen molar-refractivity contribution in [1.29, 1.82) is 0 Å². The number of benzene rings is 1. The maximum Gasteiger partial charge on any atom is 0.274 e. The van der Waals surface area contributed by atoms with Gasteiger partial charge in [0.15, 0.2) is 0 Å². The van der Waals surface area contributed by atoms with Gasteiger partial charge in [0.1, 0.15) is 5.75 Å². The number of halogens is 1. The molecule has 0 saturated carbocycles. The minimum Gasteiger partial charge on any atom is -0.542 e. The molecule has 0 aliphatic carbocycles. The monoisotopic (exact) mass is 285 g/mol. The molecule has 0 aliphatic rings. The van der Waals surface area contributed by atoms with Gasteiger partial charge in [-0.15, -0.1) is 0 Å². The zero-order valence-corrected chi connectivity index (χ0v) is 12.6. The van der Waals surface area contributed by atoms with Crippen molar-refractivity contribution < 1.29 is 4.43 Å². The summed E-state index contributed by atoms with van der Waals surface area (Å²) in [5, 5.41) is 0. The van der Waals surface area contributed by atoms with Crippen LogP contribution in [0.25, 0.3) is 0 Å². The molecular formula is C12H18BrOSi. The average Bonchev–Trinajstić information content (AvgIpc) is 2.05. The van der Waals surface area contributed by atoms with Crippen molar-refractivity contribution in [3.8, 4) is 5.75 Å². The number of hydrogen-bond acceptors (Lipinski definition) is 1. The summed E-state index contributed by atoms with van der Waals surface area (Å²) in [5.41, 5.74) is 1.44. The molecule has 1 aromatic carbocycles. The van der Waals surface area contributed by atoms with Gasteiger partial charge in [-0.05, 0) is 46.1 Å². The molecule has 0 spiro atoms. The van der Waals surface area contributed by atoms with E-state index in [1.165, 1.54) is 5.56 Å². The van der Waals surface area contributed by atoms with Crippen LogP contribution in [0.3, 0.4) is 0 Å². The molecule has 15 heavy (non-hydrogen) atoms. The van der Waals surface area contributed by atoms with Gasteiger partial charge in [0.2, 0.25) is 0 Å². The first-order chi connectivity index (χ1) is 6.82. The molecule has 0 heterocycles. The first-order valence-electron chi connectivity index (χ1n) is 5.09. The first-order valence-corrected chi connectivity index (χ1v) is 8.29. The standard InChI is InChI=1S/C12H18BrOSi/c1-12(2,3)9-7-6-8-10(11(9)13)14-15(4)5/h6-8H,1-5H3. The molecule has 3 heteroatoms. The maximum absolute atomic E-state index is 5.84. The van der Waals surface area contributed by atoms with E-state index in [0.717, 1.165) is 10.2 Å². The van der Waals surface area contributed by atoms with E-state index in [1.807, 2.05) is 6.07 Å². The smallest absolute Gasteiger partial charge is 0.274 e. The first kappa shape index (κ1) is 12.8. The largest absolute Gasteiger partial charge is 0.542 e. The molecular weight excluding hydrogens is 268 g/mol. The van der Waals surface area contributed by atoms with Crippen LogP contribution in [0, 0.1) is 0 Å². The van der Waals surface area contributed by atoms with E-state index in [2.05, 4.69) is 61.9 Å². The molecule has 0 bridgehead atoms. The lowest BCUT2D eigenvalue weighted by molar-refractivity contribution is 0.554. The number of hydrogen-bond donors (Lipinski definition) is 0. The van der Waals surface area contributed by atoms with E-state index < -0.39 is 9.04 Å². The Balaban J connectivity index is 3.12. The van der Waals surface area contributed by atoms with Gasteiger partial charge in [-0.1, -0.05) is 32.9 Å². The molecule has 1 aromatic rings. The van der Waals surface area contributed by atoms with Gasteiger partial charge in [-0.3, -0.25) is 0 Å². The molecule has 0 aliphatic heterocycles. The molecule has 0 saturated heterocycles. The third-order valence-electron chi connectivity index (χ3n) is 2.09. The lowest BCUT2D eigenvalue weighted by Crippen LogP contribution is -2.15. The normalized spacial score (nSPS) is 11.9. The molecule has 0 N–H and O–H groups in total. The van der Waals surface area contributed by atoms with Crippen LogP contribution in [0.5, 0.6) is 5.75 Å². The second kappa shape index (κ2) is 4.70. The van der Waals surface area contributed by atoms with E-state index >= 15 is 0 Å². The van der Waals surface area contributed by atoms with Crippen LogP contribution in [0.15, 0.2) is 22.7 Å². The van der Waals surface area contributed by atoms with Crippen molar-refractivity contribution in [2.75, 3.05) is 0 Å². The Morgan fingerprint density at radius 2 is 1.80 bits per heavy atom. The highest BCUT2D eigenvalue weighted by Crippen LogP contribution is 2.36. The van der Waals surface area contributed by atoms with Gasteiger partial charge in [0.05, 0.1) is 4.47 Å². The fourth-order valence-electron chi connectivity index (χ4n) is 1.39. The highest BCUT2D eigenvalue weighted by Gasteiger charge is 2.19. The summed E-state index contributed by atoms with van der Waals surface area (Å²) in [6, 6.07) is 6.23. The van der Waals surface area contributed by atoms with Gasteiger partial charge in [0.25, 0.3) is 9.04 Å². The average molecular weight is 286 g/mol. The summed E-state index contributed by atoms with van der Waals surface area (Å²) in [6.07, 6.45) is 0. The summed E-state index contributed by atoms with van der Waals surface area (Å²) in [7, 11) is -0.701. The summed E-state index contributed by atoms with van der Waals surface area (Å²) >= 11 is 3.64. The van der Waals surface area contributed by atoms with E-state index in [1.54, 1.807) is 0 Å². The number of rotatable bonds is 2. The van der Waals surface area contributed by atoms with Crippen molar-refractivity contribution in [2.45, 2.75) is 39.3 Å². The maximum atomic E-state index is 5.84. The summed E-state index contributed by atoms with van der Waals surface area (Å²) in [6.45, 7) is 10.9. The van der Waals surface area contributed by atoms with Crippen molar-refractivity contribution in [3.63, 3.8) is 0 Å². The van der Waals surface area contributed by atoms with E-state index in [4.69, 9.17) is 4.43 Å². The Morgan fingerprint density at radius 1 is 1.20 bits per heavy atom. The van der Waals surface area contributed by atoms with Crippen LogP contribution in [-0.2, 0) is 5.41 Å². The fraction of sp³-hybridized carbons (Fsp3) is 0.500. The van der Waals surface area contributed by atoms with E-state index in [-0.39, 0.29) is 5.41 Å². The Hall–Kier alpha value is -0.283. The zero-order valence-electron chi connectivity index (χ0n) is 10.0. The molecule has 83 valence electrons. The fourth-order valence-corrected chi connectivity index (χ4v) is 3.09. The van der Waals surface area contributed by atoms with Gasteiger partial charge in [-0.2, -0.15) is 0 Å². The van der Waals surface area contributed by atoms with Crippen molar-refractivity contribution >= 4 is 25.0 Å². The third-order valence-corrected chi connectivity index (χ3v) is 3.53. The highest BCUT2D eigenvalue weighted by molar-refractivity contribution is 9.10. The van der Waals surface area contributed by atoms with Crippen LogP contribution in [-0.4, -0.2) is 9.04 Å². The predicted molar refractivity (Wildman–Crippen MR) is 71.0 cm³/mol. The van der Waals surface area contributed by atoms with Crippen molar-refractivity contribution in [3.05, 3.63) is 28.2 Å². The minimum atomic E-state index is -0.701. The molecule has 0 unspecified atom stereocenters. The van der Waals surface area contributed by atoms with E-state index in [9.17, 15) is 0 Å². The van der Waals surface area contributed by atoms with Crippen molar-refractivity contribution in [1.82, 2.24) is 0 Å². The second-order valence-corrected chi connectivity index (χ2v) is 7.69. The Bertz CT molecular complexity index is 342. The zero-order chi connectivity index (χ0) is 11.6. The summed E-state index contributed by atoms with van der Waals surface area (Å²) in [5.74, 6) is 0.973. The molecule has 0 amide bonds. The van der Waals surface area contributed by atoms with Gasteiger partial charge >= 0.3 is 0 Å². The summed E-state index contributed by atoms with van der Waals surface area (Å²) in [4.78, 5) is 0. The Labute approximate surface area is 103 Å². The van der Waals surface area contributed by atoms with Crippen LogP contribution in [0.4, 0.5) is 0 Å². The molecule has 1 rings (SSSR count). The molecule has 0 fully saturated rings. The van der Waals surface area contributed by atoms with Crippen LogP contribution in [0.1, 0.15) is 26.3 Å². The second-order valence-electron chi connectivity index (χ2n) is 4.88. The third kappa shape index (κ3) is 3.35. The van der Waals surface area contributed by atoms with E-state index in [0.29, 0.717) is 0 Å². The highest BCUT2D eigenvalue weighted by atomic mass is 79.9. The Morgan fingerprint density at radius 3 is 2.27 bits per heavy atom. The topological polar surface area (TPSA) is 9.23 Å². The SMILES string of the molecule is C[Si](C)Oc1cccc(C(C)(C)C)c1Br. The lowest BCUT2D eigenvalue weighted by atomic mass is 9.87. The Kier molecular flexibility index (Phi) is 4.01. The lowest BCUT2D eigenvalue weighted by Gasteiger charge is -2.23. The summed E-state index contributed by atoms with van der Waals surface area (Å²) < 4.78 is 6.94. The van der Waals surface area contributed by atoms with Gasteiger partial charge in [0, 0.05) is 0 Å². The molecule has 1 nitrogen and oxygen atoms in total. The van der Waals surface area contributed by atoms with Crippen molar-refractivity contribution in [2.24, 2.45) is 0 Å². The van der Waals surface area contributed by atoms with Crippen LogP contribution < -0.4 is 4.43 Å². The van der Waals surface area contributed by atoms with Gasteiger partial charge < -0.3 is 4.43 Å². The van der Waals surface area contributed by atoms with Gasteiger partial charge in [-0.25, -0.2) is 0 Å². The molecule has 0 aromatic heterocycles. The van der Waals surface area contributed by atoms with Crippen LogP contribution in [0.2, 0.25) is 13.1 Å². The molecule has 1 radical (unpaired) electrons. The predicted octanol–water partition coefficient (Wildman–Crippen LogP) is 4.38.